The Bertz CT molecular complexity index is 1250. The lowest BCUT2D eigenvalue weighted by Crippen LogP contribution is -2.47. The standard InChI is InChI=1S/C26H29F2N5O3/c1-17-10-18(12-29)5-8-23(17)33-15-22(30-31-33)19-6-7-20(24(11-19)36-25(27)28)13-32-9-3-4-21(14-32)26(2,35)16-34/h5-8,10-11,15,21,25,34-35H,3-4,9,13-14,16H2,1-2H3/t21-,26+/m0/s1. The van der Waals surface area contributed by atoms with Crippen molar-refractivity contribution in [1.82, 2.24) is 19.9 Å². The zero-order valence-corrected chi connectivity index (χ0v) is 20.2. The number of halogens is 2. The van der Waals surface area contributed by atoms with Gasteiger partial charge in [0.15, 0.2) is 0 Å². The third-order valence-corrected chi connectivity index (χ3v) is 6.74. The number of hydrogen-bond donors (Lipinski definition) is 2. The largest absolute Gasteiger partial charge is 0.434 e. The Morgan fingerprint density at radius 2 is 2.08 bits per heavy atom. The molecule has 8 nitrogen and oxygen atoms in total. The van der Waals surface area contributed by atoms with E-state index in [9.17, 15) is 19.0 Å². The lowest BCUT2D eigenvalue weighted by atomic mass is 9.83. The fourth-order valence-corrected chi connectivity index (χ4v) is 4.62. The van der Waals surface area contributed by atoms with Gasteiger partial charge in [0, 0.05) is 30.1 Å². The van der Waals surface area contributed by atoms with Crippen LogP contribution in [0, 0.1) is 24.2 Å². The number of likely N-dealkylation sites (tertiary alicyclic amines) is 1. The van der Waals surface area contributed by atoms with E-state index in [0.717, 1.165) is 30.6 Å². The topological polar surface area (TPSA) is 107 Å². The van der Waals surface area contributed by atoms with Crippen LogP contribution in [0.4, 0.5) is 8.78 Å². The number of ether oxygens (including phenoxy) is 1. The third-order valence-electron chi connectivity index (χ3n) is 6.74. The molecular formula is C26H29F2N5O3. The van der Waals surface area contributed by atoms with E-state index in [1.807, 2.05) is 6.92 Å². The first-order valence-corrected chi connectivity index (χ1v) is 11.8. The van der Waals surface area contributed by atoms with E-state index < -0.39 is 12.2 Å². The van der Waals surface area contributed by atoms with Crippen molar-refractivity contribution in [2.75, 3.05) is 19.7 Å². The summed E-state index contributed by atoms with van der Waals surface area (Å²) < 4.78 is 33.0. The van der Waals surface area contributed by atoms with Gasteiger partial charge in [-0.2, -0.15) is 14.0 Å². The van der Waals surface area contributed by atoms with Crippen LogP contribution in [0.2, 0.25) is 0 Å². The van der Waals surface area contributed by atoms with E-state index >= 15 is 0 Å². The molecule has 1 aliphatic rings. The molecule has 1 fully saturated rings. The van der Waals surface area contributed by atoms with Crippen LogP contribution in [0.3, 0.4) is 0 Å². The van der Waals surface area contributed by atoms with Crippen molar-refractivity contribution in [3.63, 3.8) is 0 Å². The summed E-state index contributed by atoms with van der Waals surface area (Å²) >= 11 is 0. The summed E-state index contributed by atoms with van der Waals surface area (Å²) in [5.74, 6) is -0.0571. The molecule has 2 atom stereocenters. The zero-order valence-electron chi connectivity index (χ0n) is 20.2. The molecule has 2 heterocycles. The molecule has 1 aromatic heterocycles. The molecule has 1 saturated heterocycles. The van der Waals surface area contributed by atoms with Gasteiger partial charge in [0.1, 0.15) is 11.4 Å². The van der Waals surface area contributed by atoms with Gasteiger partial charge in [-0.1, -0.05) is 17.3 Å². The molecule has 10 heteroatoms. The number of alkyl halides is 2. The molecule has 0 radical (unpaired) electrons. The molecule has 0 aliphatic carbocycles. The van der Waals surface area contributed by atoms with Crippen molar-refractivity contribution >= 4 is 0 Å². The van der Waals surface area contributed by atoms with Gasteiger partial charge in [-0.25, -0.2) is 4.68 Å². The Morgan fingerprint density at radius 3 is 2.78 bits per heavy atom. The molecule has 0 saturated carbocycles. The summed E-state index contributed by atoms with van der Waals surface area (Å²) in [5.41, 5.74) is 2.62. The number of rotatable bonds is 8. The molecule has 1 aliphatic heterocycles. The number of nitrogens with zero attached hydrogens (tertiary/aromatic N) is 5. The number of aromatic nitrogens is 3. The van der Waals surface area contributed by atoms with E-state index in [-0.39, 0.29) is 18.3 Å². The number of nitriles is 1. The van der Waals surface area contributed by atoms with Crippen molar-refractivity contribution in [3.05, 3.63) is 59.3 Å². The molecule has 36 heavy (non-hydrogen) atoms. The highest BCUT2D eigenvalue weighted by Crippen LogP contribution is 2.32. The van der Waals surface area contributed by atoms with E-state index in [0.29, 0.717) is 35.5 Å². The van der Waals surface area contributed by atoms with E-state index in [1.165, 1.54) is 6.07 Å². The minimum absolute atomic E-state index is 0.0580. The van der Waals surface area contributed by atoms with E-state index in [1.54, 1.807) is 48.1 Å². The van der Waals surface area contributed by atoms with Crippen molar-refractivity contribution in [3.8, 4) is 28.8 Å². The average Bonchev–Trinajstić information content (AvgIpc) is 3.35. The average molecular weight is 498 g/mol. The second-order valence-electron chi connectivity index (χ2n) is 9.45. The van der Waals surface area contributed by atoms with Crippen LogP contribution in [0.5, 0.6) is 5.75 Å². The van der Waals surface area contributed by atoms with Gasteiger partial charge in [-0.15, -0.1) is 5.10 Å². The van der Waals surface area contributed by atoms with Crippen LogP contribution in [-0.4, -0.2) is 62.0 Å². The Hall–Kier alpha value is -3.39. The fraction of sp³-hybridized carbons (Fsp3) is 0.423. The molecule has 0 unspecified atom stereocenters. The van der Waals surface area contributed by atoms with Crippen LogP contribution in [0.1, 0.15) is 36.5 Å². The first kappa shape index (κ1) is 25.7. The van der Waals surface area contributed by atoms with Crippen LogP contribution >= 0.6 is 0 Å². The van der Waals surface area contributed by atoms with Crippen LogP contribution in [0.25, 0.3) is 16.9 Å². The molecule has 0 amide bonds. The Labute approximate surface area is 208 Å². The summed E-state index contributed by atoms with van der Waals surface area (Å²) in [6.45, 7) is 1.84. The predicted molar refractivity (Wildman–Crippen MR) is 129 cm³/mol. The first-order valence-electron chi connectivity index (χ1n) is 11.8. The summed E-state index contributed by atoms with van der Waals surface area (Å²) in [5, 5.41) is 37.4. The van der Waals surface area contributed by atoms with Gasteiger partial charge in [0.25, 0.3) is 0 Å². The monoisotopic (exact) mass is 497 g/mol. The summed E-state index contributed by atoms with van der Waals surface area (Å²) in [4.78, 5) is 2.08. The van der Waals surface area contributed by atoms with Crippen molar-refractivity contribution < 1.29 is 23.7 Å². The molecule has 0 spiro atoms. The van der Waals surface area contributed by atoms with Gasteiger partial charge >= 0.3 is 6.61 Å². The molecular weight excluding hydrogens is 468 g/mol. The predicted octanol–water partition coefficient (Wildman–Crippen LogP) is 3.67. The lowest BCUT2D eigenvalue weighted by molar-refractivity contribution is -0.0702. The van der Waals surface area contributed by atoms with Crippen LogP contribution in [-0.2, 0) is 6.54 Å². The summed E-state index contributed by atoms with van der Waals surface area (Å²) in [6.07, 6.45) is 3.32. The Kier molecular flexibility index (Phi) is 7.64. The maximum Gasteiger partial charge on any atom is 0.387 e. The number of benzene rings is 2. The van der Waals surface area contributed by atoms with Gasteiger partial charge in [0.05, 0.1) is 35.7 Å². The second-order valence-corrected chi connectivity index (χ2v) is 9.45. The first-order chi connectivity index (χ1) is 17.2. The SMILES string of the molecule is Cc1cc(C#N)ccc1-n1cc(-c2ccc(CN3CCC[C@H]([C@](C)(O)CO)C3)c(OC(F)F)c2)nn1. The van der Waals surface area contributed by atoms with Crippen molar-refractivity contribution in [2.45, 2.75) is 45.4 Å². The van der Waals surface area contributed by atoms with Crippen LogP contribution < -0.4 is 4.74 Å². The smallest absolute Gasteiger partial charge is 0.387 e. The molecule has 4 rings (SSSR count). The molecule has 2 aromatic carbocycles. The third kappa shape index (κ3) is 5.70. The van der Waals surface area contributed by atoms with Gasteiger partial charge < -0.3 is 14.9 Å². The van der Waals surface area contributed by atoms with Gasteiger partial charge in [-0.05, 0) is 63.1 Å². The van der Waals surface area contributed by atoms with Crippen molar-refractivity contribution in [1.29, 1.82) is 5.26 Å². The molecule has 2 N–H and O–H groups in total. The Morgan fingerprint density at radius 1 is 1.28 bits per heavy atom. The quantitative estimate of drug-likeness (QED) is 0.489. The zero-order chi connectivity index (χ0) is 25.9. The van der Waals surface area contributed by atoms with E-state index in [2.05, 4.69) is 21.3 Å². The normalized spacial score (nSPS) is 18.1. The van der Waals surface area contributed by atoms with Crippen molar-refractivity contribution in [2.24, 2.45) is 5.92 Å². The highest BCUT2D eigenvalue weighted by molar-refractivity contribution is 5.62. The molecule has 190 valence electrons. The van der Waals surface area contributed by atoms with Gasteiger partial charge in [0.2, 0.25) is 0 Å². The second kappa shape index (κ2) is 10.7. The molecule has 0 bridgehead atoms. The number of hydrogen-bond acceptors (Lipinski definition) is 7. The summed E-state index contributed by atoms with van der Waals surface area (Å²) in [6, 6.07) is 12.4. The number of aryl methyl sites for hydroxylation is 1. The van der Waals surface area contributed by atoms with E-state index in [4.69, 9.17) is 10.00 Å². The maximum atomic E-state index is 13.3. The minimum Gasteiger partial charge on any atom is -0.434 e. The molecule has 3 aromatic rings. The number of aliphatic hydroxyl groups is 2. The maximum absolute atomic E-state index is 13.3. The Balaban J connectivity index is 1.57. The lowest BCUT2D eigenvalue weighted by Gasteiger charge is -2.39. The van der Waals surface area contributed by atoms with Gasteiger partial charge in [-0.3, -0.25) is 4.90 Å². The fourth-order valence-electron chi connectivity index (χ4n) is 4.62. The highest BCUT2D eigenvalue weighted by atomic mass is 19.3. The summed E-state index contributed by atoms with van der Waals surface area (Å²) in [7, 11) is 0. The number of aliphatic hydroxyl groups excluding tert-OH is 1. The van der Waals surface area contributed by atoms with Crippen LogP contribution in [0.15, 0.2) is 42.6 Å². The highest BCUT2D eigenvalue weighted by Gasteiger charge is 2.34. The minimum atomic E-state index is -2.99. The number of piperidine rings is 1.